The molecule has 1 rings (SSSR count). The summed E-state index contributed by atoms with van der Waals surface area (Å²) in [6.07, 6.45) is 0. The molecule has 0 amide bonds. The zero-order chi connectivity index (χ0) is 13.0. The van der Waals surface area contributed by atoms with Crippen LogP contribution in [-0.4, -0.2) is 24.0 Å². The van der Waals surface area contributed by atoms with Crippen molar-refractivity contribution in [1.29, 1.82) is 0 Å². The molecule has 98 valence electrons. The summed E-state index contributed by atoms with van der Waals surface area (Å²) in [5.74, 6) is 2.57. The average molecular weight is 238 g/mol. The quantitative estimate of drug-likeness (QED) is 0.828. The van der Waals surface area contributed by atoms with E-state index in [4.69, 9.17) is 10.2 Å². The van der Waals surface area contributed by atoms with Gasteiger partial charge in [0, 0.05) is 12.6 Å². The molecule has 0 fully saturated rings. The number of hydrogen-bond acceptors (Lipinski definition) is 3. The first kappa shape index (κ1) is 14.3. The van der Waals surface area contributed by atoms with Gasteiger partial charge in [0.2, 0.25) is 0 Å². The van der Waals surface area contributed by atoms with E-state index in [1.54, 1.807) is 0 Å². The Bertz CT molecular complexity index is 331. The van der Waals surface area contributed by atoms with Crippen molar-refractivity contribution in [2.75, 3.05) is 13.1 Å². The molecule has 3 nitrogen and oxygen atoms in total. The summed E-state index contributed by atoms with van der Waals surface area (Å²) in [7, 11) is 0. The van der Waals surface area contributed by atoms with Gasteiger partial charge in [0.1, 0.15) is 11.5 Å². The zero-order valence-corrected chi connectivity index (χ0v) is 11.7. The Balaban J connectivity index is 2.90. The van der Waals surface area contributed by atoms with Gasteiger partial charge in [0.05, 0.1) is 6.04 Å². The van der Waals surface area contributed by atoms with Crippen LogP contribution in [0.1, 0.15) is 45.3 Å². The lowest BCUT2D eigenvalue weighted by molar-refractivity contribution is 0.145. The van der Waals surface area contributed by atoms with Crippen LogP contribution in [0.2, 0.25) is 0 Å². The maximum Gasteiger partial charge on any atom is 0.122 e. The molecule has 1 heterocycles. The first-order valence-electron chi connectivity index (χ1n) is 6.51. The summed E-state index contributed by atoms with van der Waals surface area (Å²) in [5.41, 5.74) is 6.13. The Morgan fingerprint density at radius 3 is 2.29 bits per heavy atom. The Morgan fingerprint density at radius 2 is 1.94 bits per heavy atom. The van der Waals surface area contributed by atoms with E-state index < -0.39 is 0 Å². The standard InChI is InChI=1S/C14H26N2O/c1-6-16(9-10(2)3)14(12(5)15)13-8-7-11(4)17-13/h7-8,10,12,14H,6,9,15H2,1-5H3. The Labute approximate surface area is 105 Å². The minimum atomic E-state index is 0.0687. The van der Waals surface area contributed by atoms with Crippen LogP contribution in [0.15, 0.2) is 16.5 Å². The molecule has 1 aromatic rings. The van der Waals surface area contributed by atoms with E-state index in [1.807, 2.05) is 26.0 Å². The van der Waals surface area contributed by atoms with E-state index in [0.29, 0.717) is 5.92 Å². The van der Waals surface area contributed by atoms with Gasteiger partial charge in [-0.05, 0) is 38.4 Å². The first-order valence-corrected chi connectivity index (χ1v) is 6.51. The van der Waals surface area contributed by atoms with Gasteiger partial charge < -0.3 is 10.2 Å². The van der Waals surface area contributed by atoms with Crippen molar-refractivity contribution in [1.82, 2.24) is 4.90 Å². The van der Waals surface area contributed by atoms with Crippen LogP contribution < -0.4 is 5.73 Å². The van der Waals surface area contributed by atoms with Crippen molar-refractivity contribution in [3.8, 4) is 0 Å². The number of nitrogens with two attached hydrogens (primary N) is 1. The lowest BCUT2D eigenvalue weighted by Crippen LogP contribution is -2.41. The molecule has 0 saturated heterocycles. The van der Waals surface area contributed by atoms with Crippen LogP contribution in [0.5, 0.6) is 0 Å². The molecule has 1 aromatic heterocycles. The molecule has 17 heavy (non-hydrogen) atoms. The summed E-state index contributed by atoms with van der Waals surface area (Å²) in [4.78, 5) is 2.40. The van der Waals surface area contributed by atoms with Crippen LogP contribution in [0.25, 0.3) is 0 Å². The summed E-state index contributed by atoms with van der Waals surface area (Å²) in [6, 6.07) is 4.30. The maximum atomic E-state index is 6.13. The third kappa shape index (κ3) is 3.86. The van der Waals surface area contributed by atoms with Gasteiger partial charge >= 0.3 is 0 Å². The summed E-state index contributed by atoms with van der Waals surface area (Å²) in [5, 5.41) is 0. The summed E-state index contributed by atoms with van der Waals surface area (Å²) >= 11 is 0. The summed E-state index contributed by atoms with van der Waals surface area (Å²) in [6.45, 7) is 12.7. The number of rotatable bonds is 6. The average Bonchev–Trinajstić information content (AvgIpc) is 2.62. The third-order valence-corrected chi connectivity index (χ3v) is 2.95. The lowest BCUT2D eigenvalue weighted by atomic mass is 10.0. The Kier molecular flexibility index (Phi) is 5.22. The van der Waals surface area contributed by atoms with E-state index in [0.717, 1.165) is 24.6 Å². The van der Waals surface area contributed by atoms with Crippen molar-refractivity contribution in [3.05, 3.63) is 23.7 Å². The van der Waals surface area contributed by atoms with E-state index >= 15 is 0 Å². The number of nitrogens with zero attached hydrogens (tertiary/aromatic N) is 1. The summed E-state index contributed by atoms with van der Waals surface area (Å²) < 4.78 is 5.75. The molecule has 0 spiro atoms. The highest BCUT2D eigenvalue weighted by molar-refractivity contribution is 5.11. The molecule has 0 aliphatic rings. The fraction of sp³-hybridized carbons (Fsp3) is 0.714. The van der Waals surface area contributed by atoms with Crippen molar-refractivity contribution >= 4 is 0 Å². The molecular formula is C14H26N2O. The maximum absolute atomic E-state index is 6.13. The van der Waals surface area contributed by atoms with Gasteiger partial charge in [-0.25, -0.2) is 0 Å². The van der Waals surface area contributed by atoms with E-state index in [2.05, 4.69) is 25.7 Å². The molecule has 0 aliphatic carbocycles. The van der Waals surface area contributed by atoms with Gasteiger partial charge in [-0.1, -0.05) is 20.8 Å². The van der Waals surface area contributed by atoms with Crippen LogP contribution in [0.3, 0.4) is 0 Å². The Morgan fingerprint density at radius 1 is 1.29 bits per heavy atom. The molecule has 0 aliphatic heterocycles. The minimum Gasteiger partial charge on any atom is -0.465 e. The fourth-order valence-corrected chi connectivity index (χ4v) is 2.29. The highest BCUT2D eigenvalue weighted by Crippen LogP contribution is 2.26. The predicted octanol–water partition coefficient (Wildman–Crippen LogP) is 2.95. The fourth-order valence-electron chi connectivity index (χ4n) is 2.29. The van der Waals surface area contributed by atoms with Crippen LogP contribution >= 0.6 is 0 Å². The van der Waals surface area contributed by atoms with Crippen molar-refractivity contribution in [2.45, 2.75) is 46.7 Å². The third-order valence-electron chi connectivity index (χ3n) is 2.95. The second kappa shape index (κ2) is 6.22. The van der Waals surface area contributed by atoms with Crippen molar-refractivity contribution in [3.63, 3.8) is 0 Å². The molecule has 2 N–H and O–H groups in total. The van der Waals surface area contributed by atoms with E-state index in [-0.39, 0.29) is 12.1 Å². The number of aryl methyl sites for hydroxylation is 1. The first-order chi connectivity index (χ1) is 7.95. The van der Waals surface area contributed by atoms with Crippen molar-refractivity contribution < 1.29 is 4.42 Å². The smallest absolute Gasteiger partial charge is 0.122 e. The highest BCUT2D eigenvalue weighted by atomic mass is 16.3. The lowest BCUT2D eigenvalue weighted by Gasteiger charge is -2.33. The van der Waals surface area contributed by atoms with Gasteiger partial charge in [-0.2, -0.15) is 0 Å². The van der Waals surface area contributed by atoms with Gasteiger partial charge in [-0.15, -0.1) is 0 Å². The molecule has 2 atom stereocenters. The molecule has 0 aromatic carbocycles. The second-order valence-electron chi connectivity index (χ2n) is 5.23. The number of furan rings is 1. The van der Waals surface area contributed by atoms with E-state index in [1.165, 1.54) is 0 Å². The molecule has 0 bridgehead atoms. The van der Waals surface area contributed by atoms with Gasteiger partial charge in [0.15, 0.2) is 0 Å². The topological polar surface area (TPSA) is 42.4 Å². The second-order valence-corrected chi connectivity index (χ2v) is 5.23. The van der Waals surface area contributed by atoms with Crippen LogP contribution in [-0.2, 0) is 0 Å². The largest absolute Gasteiger partial charge is 0.465 e. The predicted molar refractivity (Wildman–Crippen MR) is 71.9 cm³/mol. The molecular weight excluding hydrogens is 212 g/mol. The zero-order valence-electron chi connectivity index (χ0n) is 11.7. The highest BCUT2D eigenvalue weighted by Gasteiger charge is 2.26. The molecule has 2 unspecified atom stereocenters. The van der Waals surface area contributed by atoms with Gasteiger partial charge in [-0.3, -0.25) is 4.90 Å². The number of likely N-dealkylation sites (N-methyl/N-ethyl adjacent to an activating group) is 1. The van der Waals surface area contributed by atoms with Gasteiger partial charge in [0.25, 0.3) is 0 Å². The van der Waals surface area contributed by atoms with Crippen LogP contribution in [0.4, 0.5) is 0 Å². The minimum absolute atomic E-state index is 0.0687. The molecule has 3 heteroatoms. The molecule has 0 saturated carbocycles. The Hall–Kier alpha value is -0.800. The normalized spacial score (nSPS) is 15.5. The van der Waals surface area contributed by atoms with E-state index in [9.17, 15) is 0 Å². The number of hydrogen-bond donors (Lipinski definition) is 1. The van der Waals surface area contributed by atoms with Crippen LogP contribution in [0, 0.1) is 12.8 Å². The monoisotopic (exact) mass is 238 g/mol. The molecule has 0 radical (unpaired) electrons. The van der Waals surface area contributed by atoms with Crippen molar-refractivity contribution in [2.24, 2.45) is 11.7 Å². The SMILES string of the molecule is CCN(CC(C)C)C(c1ccc(C)o1)C(C)N.